The second-order valence-corrected chi connectivity index (χ2v) is 5.62. The van der Waals surface area contributed by atoms with Crippen molar-refractivity contribution in [2.24, 2.45) is 0 Å². The van der Waals surface area contributed by atoms with Crippen molar-refractivity contribution in [2.45, 2.75) is 13.8 Å². The van der Waals surface area contributed by atoms with Crippen LogP contribution in [0.5, 0.6) is 0 Å². The molecule has 1 amide bonds. The van der Waals surface area contributed by atoms with Crippen LogP contribution in [0.4, 0.5) is 21.5 Å². The molecule has 0 fully saturated rings. The van der Waals surface area contributed by atoms with Crippen LogP contribution in [-0.2, 0) is 0 Å². The highest BCUT2D eigenvalue weighted by molar-refractivity contribution is 6.34. The first kappa shape index (κ1) is 18.7. The maximum Gasteiger partial charge on any atom is 0.294 e. The van der Waals surface area contributed by atoms with Crippen molar-refractivity contribution in [2.75, 3.05) is 23.3 Å². The maximum atomic E-state index is 13.0. The monoisotopic (exact) mass is 365 g/mol. The molecule has 132 valence electrons. The SMILES string of the molecule is CCN(CC)c1cc(NC(=O)c2ccc(F)cc2)c(Cl)cc1[N+](=O)[O-]. The number of hydrogen-bond acceptors (Lipinski definition) is 4. The predicted octanol–water partition coefficient (Wildman–Crippen LogP) is 4.49. The van der Waals surface area contributed by atoms with E-state index in [1.165, 1.54) is 36.4 Å². The first-order valence-corrected chi connectivity index (χ1v) is 8.05. The van der Waals surface area contributed by atoms with Gasteiger partial charge in [0.25, 0.3) is 11.6 Å². The van der Waals surface area contributed by atoms with Gasteiger partial charge in [0, 0.05) is 24.7 Å². The molecule has 0 radical (unpaired) electrons. The highest BCUT2D eigenvalue weighted by Crippen LogP contribution is 2.36. The van der Waals surface area contributed by atoms with Crippen LogP contribution < -0.4 is 10.2 Å². The molecule has 0 bridgehead atoms. The van der Waals surface area contributed by atoms with Gasteiger partial charge in [-0.05, 0) is 44.2 Å². The van der Waals surface area contributed by atoms with Gasteiger partial charge in [0.1, 0.15) is 11.5 Å². The lowest BCUT2D eigenvalue weighted by molar-refractivity contribution is -0.384. The zero-order chi connectivity index (χ0) is 18.6. The first-order valence-electron chi connectivity index (χ1n) is 7.67. The van der Waals surface area contributed by atoms with E-state index in [0.29, 0.717) is 18.8 Å². The van der Waals surface area contributed by atoms with E-state index in [2.05, 4.69) is 5.32 Å². The van der Waals surface area contributed by atoms with Crippen molar-refractivity contribution in [3.8, 4) is 0 Å². The summed E-state index contributed by atoms with van der Waals surface area (Å²) < 4.78 is 13.0. The second-order valence-electron chi connectivity index (χ2n) is 5.21. The molecule has 0 saturated heterocycles. The number of halogens is 2. The smallest absolute Gasteiger partial charge is 0.294 e. The van der Waals surface area contributed by atoms with Gasteiger partial charge in [0.2, 0.25) is 0 Å². The van der Waals surface area contributed by atoms with Crippen LogP contribution in [-0.4, -0.2) is 23.9 Å². The lowest BCUT2D eigenvalue weighted by atomic mass is 10.1. The van der Waals surface area contributed by atoms with Gasteiger partial charge >= 0.3 is 0 Å². The molecule has 6 nitrogen and oxygen atoms in total. The van der Waals surface area contributed by atoms with Gasteiger partial charge in [-0.3, -0.25) is 14.9 Å². The number of anilines is 2. The summed E-state index contributed by atoms with van der Waals surface area (Å²) in [5, 5.41) is 14.0. The maximum absolute atomic E-state index is 13.0. The van der Waals surface area contributed by atoms with Crippen LogP contribution in [0.2, 0.25) is 5.02 Å². The topological polar surface area (TPSA) is 75.5 Å². The molecule has 0 unspecified atom stereocenters. The molecule has 0 aromatic heterocycles. The van der Waals surface area contributed by atoms with E-state index >= 15 is 0 Å². The summed E-state index contributed by atoms with van der Waals surface area (Å²) in [6.45, 7) is 4.87. The first-order chi connectivity index (χ1) is 11.9. The number of amides is 1. The number of benzene rings is 2. The van der Waals surface area contributed by atoms with E-state index in [1.54, 1.807) is 4.90 Å². The molecule has 0 atom stereocenters. The van der Waals surface area contributed by atoms with Crippen LogP contribution in [0.15, 0.2) is 36.4 Å². The van der Waals surface area contributed by atoms with Gasteiger partial charge < -0.3 is 10.2 Å². The Bertz CT molecular complexity index is 792. The fourth-order valence-electron chi connectivity index (χ4n) is 2.41. The van der Waals surface area contributed by atoms with Crippen molar-refractivity contribution in [1.29, 1.82) is 0 Å². The van der Waals surface area contributed by atoms with Crippen LogP contribution in [0.1, 0.15) is 24.2 Å². The van der Waals surface area contributed by atoms with E-state index in [0.717, 1.165) is 0 Å². The third-order valence-corrected chi connectivity index (χ3v) is 4.03. The quantitative estimate of drug-likeness (QED) is 0.604. The Hall–Kier alpha value is -2.67. The van der Waals surface area contributed by atoms with Crippen LogP contribution in [0.25, 0.3) is 0 Å². The number of carbonyl (C=O) groups is 1. The summed E-state index contributed by atoms with van der Waals surface area (Å²) in [6.07, 6.45) is 0. The van der Waals surface area contributed by atoms with Crippen LogP contribution >= 0.6 is 11.6 Å². The van der Waals surface area contributed by atoms with Crippen molar-refractivity contribution < 1.29 is 14.1 Å². The summed E-state index contributed by atoms with van der Waals surface area (Å²) in [4.78, 5) is 24.9. The van der Waals surface area contributed by atoms with E-state index in [-0.39, 0.29) is 22.0 Å². The molecule has 0 saturated carbocycles. The number of nitrogens with zero attached hydrogens (tertiary/aromatic N) is 2. The molecule has 0 spiro atoms. The molecule has 2 rings (SSSR count). The van der Waals surface area contributed by atoms with E-state index < -0.39 is 16.6 Å². The summed E-state index contributed by atoms with van der Waals surface area (Å²) in [5.74, 6) is -0.935. The third kappa shape index (κ3) is 4.24. The molecule has 25 heavy (non-hydrogen) atoms. The Balaban J connectivity index is 2.40. The normalized spacial score (nSPS) is 10.4. The Labute approximate surface area is 149 Å². The third-order valence-electron chi connectivity index (χ3n) is 3.72. The van der Waals surface area contributed by atoms with Gasteiger partial charge in [-0.25, -0.2) is 4.39 Å². The number of carbonyl (C=O) groups excluding carboxylic acids is 1. The number of hydrogen-bond donors (Lipinski definition) is 1. The fraction of sp³-hybridized carbons (Fsp3) is 0.235. The lowest BCUT2D eigenvalue weighted by Crippen LogP contribution is -2.23. The molecule has 0 aliphatic carbocycles. The molecule has 0 aliphatic rings. The van der Waals surface area contributed by atoms with Crippen molar-refractivity contribution in [3.63, 3.8) is 0 Å². The number of nitro benzene ring substituents is 1. The Morgan fingerprint density at radius 3 is 2.36 bits per heavy atom. The van der Waals surface area contributed by atoms with E-state index in [4.69, 9.17) is 11.6 Å². The number of rotatable bonds is 6. The molecule has 8 heteroatoms. The number of nitro groups is 1. The minimum atomic E-state index is -0.509. The Morgan fingerprint density at radius 2 is 1.84 bits per heavy atom. The minimum absolute atomic E-state index is 0.0538. The van der Waals surface area contributed by atoms with E-state index in [9.17, 15) is 19.3 Å². The molecule has 1 N–H and O–H groups in total. The molecular weight excluding hydrogens is 349 g/mol. The molecule has 2 aromatic rings. The van der Waals surface area contributed by atoms with Gasteiger partial charge in [-0.2, -0.15) is 0 Å². The van der Waals surface area contributed by atoms with Gasteiger partial charge in [0.05, 0.1) is 15.6 Å². The fourth-order valence-corrected chi connectivity index (χ4v) is 2.61. The number of nitrogens with one attached hydrogen (secondary N) is 1. The van der Waals surface area contributed by atoms with Crippen LogP contribution in [0, 0.1) is 15.9 Å². The summed E-state index contributed by atoms with van der Waals surface area (Å²) in [5.41, 5.74) is 0.742. The van der Waals surface area contributed by atoms with E-state index in [1.807, 2.05) is 13.8 Å². The minimum Gasteiger partial charge on any atom is -0.366 e. The predicted molar refractivity (Wildman–Crippen MR) is 96.0 cm³/mol. The molecule has 0 heterocycles. The second kappa shape index (κ2) is 7.94. The largest absolute Gasteiger partial charge is 0.366 e. The average Bonchev–Trinajstić information content (AvgIpc) is 2.58. The molecule has 2 aromatic carbocycles. The van der Waals surface area contributed by atoms with Gasteiger partial charge in [-0.1, -0.05) is 11.6 Å². The average molecular weight is 366 g/mol. The summed E-state index contributed by atoms with van der Waals surface area (Å²) >= 11 is 6.10. The summed E-state index contributed by atoms with van der Waals surface area (Å²) in [7, 11) is 0. The van der Waals surface area contributed by atoms with Gasteiger partial charge in [-0.15, -0.1) is 0 Å². The zero-order valence-electron chi connectivity index (χ0n) is 13.8. The van der Waals surface area contributed by atoms with Crippen molar-refractivity contribution >= 4 is 34.6 Å². The molecular formula is C17H17ClFN3O3. The molecule has 0 aliphatic heterocycles. The lowest BCUT2D eigenvalue weighted by Gasteiger charge is -2.22. The van der Waals surface area contributed by atoms with Crippen molar-refractivity contribution in [1.82, 2.24) is 0 Å². The Morgan fingerprint density at radius 1 is 1.24 bits per heavy atom. The van der Waals surface area contributed by atoms with Gasteiger partial charge in [0.15, 0.2) is 0 Å². The highest BCUT2D eigenvalue weighted by atomic mass is 35.5. The Kier molecular flexibility index (Phi) is 5.93. The van der Waals surface area contributed by atoms with Crippen LogP contribution in [0.3, 0.4) is 0 Å². The zero-order valence-corrected chi connectivity index (χ0v) is 14.5. The highest BCUT2D eigenvalue weighted by Gasteiger charge is 2.22. The standard InChI is InChI=1S/C17H17ClFN3O3/c1-3-21(4-2)15-10-14(13(18)9-16(15)22(24)25)20-17(23)11-5-7-12(19)8-6-11/h5-10H,3-4H2,1-2H3,(H,20,23). The van der Waals surface area contributed by atoms with Crippen molar-refractivity contribution in [3.05, 3.63) is 62.9 Å². The summed E-state index contributed by atoms with van der Waals surface area (Å²) in [6, 6.07) is 7.73.